The summed E-state index contributed by atoms with van der Waals surface area (Å²) in [6.45, 7) is 0.833. The van der Waals surface area contributed by atoms with Crippen molar-refractivity contribution in [3.63, 3.8) is 0 Å². The molecule has 0 saturated carbocycles. The second-order valence-electron chi connectivity index (χ2n) is 4.11. The van der Waals surface area contributed by atoms with Gasteiger partial charge in [0.15, 0.2) is 17.3 Å². The minimum absolute atomic E-state index is 0.0516. The van der Waals surface area contributed by atoms with E-state index in [0.717, 1.165) is 0 Å². The highest BCUT2D eigenvalue weighted by atomic mass is 32.2. The minimum atomic E-state index is -3.78. The first kappa shape index (κ1) is 12.6. The average Bonchev–Trinajstić information content (AvgIpc) is 2.83. The molecule has 9 heteroatoms. The van der Waals surface area contributed by atoms with Crippen LogP contribution in [-0.4, -0.2) is 31.8 Å². The third kappa shape index (κ3) is 2.23. The number of nitrogens with two attached hydrogens (primary N) is 1. The number of hydrogen-bond acceptors (Lipinski definition) is 6. The summed E-state index contributed by atoms with van der Waals surface area (Å²) < 4.78 is 37.5. The van der Waals surface area contributed by atoms with Crippen LogP contribution >= 0.6 is 0 Å². The number of fused-ring (bicyclic) bond motifs is 1. The quantitative estimate of drug-likeness (QED) is 0.761. The molecular weight excluding hydrogens is 284 g/mol. The zero-order valence-corrected chi connectivity index (χ0v) is 11.1. The van der Waals surface area contributed by atoms with Gasteiger partial charge >= 0.3 is 0 Å². The van der Waals surface area contributed by atoms with Crippen LogP contribution in [0.4, 0.5) is 11.5 Å². The summed E-state index contributed by atoms with van der Waals surface area (Å²) in [4.78, 5) is 0.0516. The molecule has 0 saturated heterocycles. The van der Waals surface area contributed by atoms with Crippen LogP contribution in [0.25, 0.3) is 0 Å². The molecule has 0 bridgehead atoms. The van der Waals surface area contributed by atoms with Crippen molar-refractivity contribution in [2.75, 3.05) is 23.7 Å². The van der Waals surface area contributed by atoms with E-state index in [-0.39, 0.29) is 16.4 Å². The average molecular weight is 296 g/mol. The number of H-pyrrole nitrogens is 1. The van der Waals surface area contributed by atoms with Gasteiger partial charge in [-0.15, -0.1) is 0 Å². The number of benzene rings is 1. The molecule has 0 radical (unpaired) electrons. The van der Waals surface area contributed by atoms with Crippen molar-refractivity contribution in [1.82, 2.24) is 10.2 Å². The van der Waals surface area contributed by atoms with Crippen molar-refractivity contribution < 1.29 is 17.9 Å². The second-order valence-corrected chi connectivity index (χ2v) is 5.79. The SMILES string of the molecule is Nc1cn[nH]c1NS(=O)(=O)c1ccc2c(c1)OCCO2. The van der Waals surface area contributed by atoms with Crippen molar-refractivity contribution >= 4 is 21.5 Å². The fourth-order valence-corrected chi connectivity index (χ4v) is 2.82. The first-order chi connectivity index (χ1) is 9.56. The van der Waals surface area contributed by atoms with Gasteiger partial charge in [-0.25, -0.2) is 8.42 Å². The Morgan fingerprint density at radius 3 is 2.70 bits per heavy atom. The maximum absolute atomic E-state index is 12.2. The lowest BCUT2D eigenvalue weighted by atomic mass is 10.3. The Morgan fingerprint density at radius 2 is 2.00 bits per heavy atom. The molecule has 2 heterocycles. The summed E-state index contributed by atoms with van der Waals surface area (Å²) in [5.41, 5.74) is 5.79. The van der Waals surface area contributed by atoms with Crippen molar-refractivity contribution in [3.8, 4) is 11.5 Å². The zero-order valence-electron chi connectivity index (χ0n) is 10.3. The fourth-order valence-electron chi connectivity index (χ4n) is 1.76. The second kappa shape index (κ2) is 4.60. The van der Waals surface area contributed by atoms with Crippen LogP contribution < -0.4 is 19.9 Å². The molecule has 20 heavy (non-hydrogen) atoms. The van der Waals surface area contributed by atoms with Gasteiger partial charge in [0.25, 0.3) is 10.0 Å². The van der Waals surface area contributed by atoms with Gasteiger partial charge in [0.05, 0.1) is 16.8 Å². The zero-order chi connectivity index (χ0) is 14.2. The summed E-state index contributed by atoms with van der Waals surface area (Å²) in [7, 11) is -3.78. The van der Waals surface area contributed by atoms with Crippen LogP contribution in [0.15, 0.2) is 29.3 Å². The highest BCUT2D eigenvalue weighted by Crippen LogP contribution is 2.32. The summed E-state index contributed by atoms with van der Waals surface area (Å²) in [5.74, 6) is 1.05. The third-order valence-corrected chi connectivity index (χ3v) is 4.08. The number of hydrogen-bond donors (Lipinski definition) is 3. The van der Waals surface area contributed by atoms with Crippen LogP contribution in [0.2, 0.25) is 0 Å². The summed E-state index contributed by atoms with van der Waals surface area (Å²) in [6.07, 6.45) is 1.32. The fraction of sp³-hybridized carbons (Fsp3) is 0.182. The number of sulfonamides is 1. The Morgan fingerprint density at radius 1 is 1.25 bits per heavy atom. The third-order valence-electron chi connectivity index (χ3n) is 2.73. The van der Waals surface area contributed by atoms with Crippen molar-refractivity contribution in [1.29, 1.82) is 0 Å². The lowest BCUT2D eigenvalue weighted by Gasteiger charge is -2.18. The smallest absolute Gasteiger partial charge is 0.263 e. The molecule has 0 amide bonds. The van der Waals surface area contributed by atoms with Crippen molar-refractivity contribution in [2.45, 2.75) is 4.90 Å². The van der Waals surface area contributed by atoms with Crippen molar-refractivity contribution in [3.05, 3.63) is 24.4 Å². The van der Waals surface area contributed by atoms with Gasteiger partial charge in [0.1, 0.15) is 13.2 Å². The van der Waals surface area contributed by atoms with E-state index in [1.165, 1.54) is 18.3 Å². The summed E-state index contributed by atoms with van der Waals surface area (Å²) >= 11 is 0. The molecule has 4 N–H and O–H groups in total. The lowest BCUT2D eigenvalue weighted by molar-refractivity contribution is 0.171. The van der Waals surface area contributed by atoms with E-state index >= 15 is 0 Å². The van der Waals surface area contributed by atoms with Gasteiger partial charge in [-0.1, -0.05) is 0 Å². The normalized spacial score (nSPS) is 14.0. The molecule has 0 unspecified atom stereocenters. The topological polar surface area (TPSA) is 119 Å². The number of aromatic nitrogens is 2. The van der Waals surface area contributed by atoms with Crippen LogP contribution in [0.1, 0.15) is 0 Å². The molecule has 106 valence electrons. The maximum Gasteiger partial charge on any atom is 0.263 e. The van der Waals surface area contributed by atoms with E-state index in [1.807, 2.05) is 0 Å². The Balaban J connectivity index is 1.93. The molecule has 0 aliphatic carbocycles. The molecule has 0 atom stereocenters. The Kier molecular flexibility index (Phi) is 2.90. The monoisotopic (exact) mass is 296 g/mol. The molecule has 1 aliphatic heterocycles. The van der Waals surface area contributed by atoms with E-state index in [4.69, 9.17) is 15.2 Å². The van der Waals surface area contributed by atoms with E-state index in [1.54, 1.807) is 6.07 Å². The standard InChI is InChI=1S/C11H12N4O4S/c12-8-6-13-14-11(8)15-20(16,17)7-1-2-9-10(5-7)19-4-3-18-9/h1-2,5-6H,3-4,12H2,(H2,13,14,15). The van der Waals surface area contributed by atoms with Gasteiger partial charge in [0.2, 0.25) is 0 Å². The van der Waals surface area contributed by atoms with E-state index in [0.29, 0.717) is 24.7 Å². The lowest BCUT2D eigenvalue weighted by Crippen LogP contribution is -2.17. The Bertz CT molecular complexity index is 741. The number of nitrogens with zero attached hydrogens (tertiary/aromatic N) is 1. The van der Waals surface area contributed by atoms with Gasteiger partial charge in [0, 0.05) is 6.07 Å². The van der Waals surface area contributed by atoms with Gasteiger partial charge < -0.3 is 15.2 Å². The highest BCUT2D eigenvalue weighted by Gasteiger charge is 2.20. The Hall–Kier alpha value is -2.42. The number of nitrogen functional groups attached to an aromatic ring is 1. The largest absolute Gasteiger partial charge is 0.486 e. The summed E-state index contributed by atoms with van der Waals surface area (Å²) in [6, 6.07) is 4.39. The van der Waals surface area contributed by atoms with Crippen molar-refractivity contribution in [2.24, 2.45) is 0 Å². The van der Waals surface area contributed by atoms with Gasteiger partial charge in [-0.05, 0) is 12.1 Å². The first-order valence-electron chi connectivity index (χ1n) is 5.77. The predicted molar refractivity (Wildman–Crippen MR) is 71.2 cm³/mol. The Labute approximate surface area is 114 Å². The van der Waals surface area contributed by atoms with Crippen LogP contribution in [0, 0.1) is 0 Å². The number of aromatic amines is 1. The molecule has 2 aromatic rings. The number of ether oxygens (including phenoxy) is 2. The molecular formula is C11H12N4O4S. The molecule has 1 aromatic heterocycles. The number of nitrogens with one attached hydrogen (secondary N) is 2. The minimum Gasteiger partial charge on any atom is -0.486 e. The first-order valence-corrected chi connectivity index (χ1v) is 7.26. The molecule has 1 aromatic carbocycles. The van der Waals surface area contributed by atoms with Crippen LogP contribution in [-0.2, 0) is 10.0 Å². The molecule has 1 aliphatic rings. The maximum atomic E-state index is 12.2. The number of rotatable bonds is 3. The van der Waals surface area contributed by atoms with E-state index < -0.39 is 10.0 Å². The van der Waals surface area contributed by atoms with Crippen LogP contribution in [0.3, 0.4) is 0 Å². The van der Waals surface area contributed by atoms with Gasteiger partial charge in [-0.3, -0.25) is 9.82 Å². The van der Waals surface area contributed by atoms with E-state index in [9.17, 15) is 8.42 Å². The molecule has 3 rings (SSSR count). The van der Waals surface area contributed by atoms with Crippen LogP contribution in [0.5, 0.6) is 11.5 Å². The molecule has 0 fully saturated rings. The predicted octanol–water partition coefficient (Wildman–Crippen LogP) is 0.564. The molecule has 8 nitrogen and oxygen atoms in total. The number of anilines is 2. The van der Waals surface area contributed by atoms with E-state index in [2.05, 4.69) is 14.9 Å². The highest BCUT2D eigenvalue weighted by molar-refractivity contribution is 7.92. The molecule has 0 spiro atoms. The summed E-state index contributed by atoms with van der Waals surface area (Å²) in [5, 5.41) is 6.12. The van der Waals surface area contributed by atoms with Gasteiger partial charge in [-0.2, -0.15) is 5.10 Å².